The number of nitrogens with zero attached hydrogens (tertiary/aromatic N) is 1. The predicted molar refractivity (Wildman–Crippen MR) is 105 cm³/mol. The summed E-state index contributed by atoms with van der Waals surface area (Å²) in [6.45, 7) is 2.51. The lowest BCUT2D eigenvalue weighted by Gasteiger charge is -2.20. The van der Waals surface area contributed by atoms with E-state index in [9.17, 15) is 14.1 Å². The molecular weight excluding hydrogens is 376 g/mol. The first-order valence-electron chi connectivity index (χ1n) is 8.87. The highest BCUT2D eigenvalue weighted by Gasteiger charge is 2.35. The Balaban J connectivity index is 1.70. The van der Waals surface area contributed by atoms with Crippen molar-refractivity contribution in [2.75, 3.05) is 11.4 Å². The highest BCUT2D eigenvalue weighted by molar-refractivity contribution is 7.91. The summed E-state index contributed by atoms with van der Waals surface area (Å²) in [6, 6.07) is 15.3. The smallest absolute Gasteiger partial charge is 0.263 e. The van der Waals surface area contributed by atoms with E-state index in [4.69, 9.17) is 4.42 Å². The number of hydrogen-bond acceptors (Lipinski definition) is 4. The van der Waals surface area contributed by atoms with E-state index in [1.54, 1.807) is 65.8 Å². The second kappa shape index (κ2) is 7.53. The number of carbonyl (C=O) groups excluding carboxylic acids is 2. The van der Waals surface area contributed by atoms with Crippen LogP contribution >= 0.6 is 0 Å². The van der Waals surface area contributed by atoms with Gasteiger partial charge in [0.15, 0.2) is 9.79 Å². The number of amides is 2. The summed E-state index contributed by atoms with van der Waals surface area (Å²) in [4.78, 5) is 28.1. The molecule has 1 N–H and O–H groups in total. The van der Waals surface area contributed by atoms with Crippen molar-refractivity contribution in [2.45, 2.75) is 23.3 Å². The van der Waals surface area contributed by atoms with Gasteiger partial charge in [0.05, 0.1) is 18.4 Å². The molecule has 1 atom stereocenters. The second-order valence-electron chi connectivity index (χ2n) is 6.26. The molecule has 6 nitrogen and oxygen atoms in total. The van der Waals surface area contributed by atoms with E-state index in [1.807, 2.05) is 6.92 Å². The molecule has 4 rings (SSSR count). The van der Waals surface area contributed by atoms with Crippen LogP contribution in [0.1, 0.15) is 33.4 Å². The maximum absolute atomic E-state index is 13.1. The van der Waals surface area contributed by atoms with Crippen LogP contribution in [0.25, 0.3) is 0 Å². The maximum Gasteiger partial charge on any atom is 0.263 e. The van der Waals surface area contributed by atoms with Gasteiger partial charge in [-0.15, -0.1) is 0 Å². The minimum atomic E-state index is -1.51. The number of carbonyl (C=O) groups is 2. The normalized spacial score (nSPS) is 15.6. The Morgan fingerprint density at radius 3 is 2.71 bits per heavy atom. The topological polar surface area (TPSA) is 85.6 Å². The largest absolute Gasteiger partial charge is 0.606 e. The average molecular weight is 394 g/mol. The number of benzene rings is 2. The third kappa shape index (κ3) is 3.19. The summed E-state index contributed by atoms with van der Waals surface area (Å²) in [5.41, 5.74) is 1.30. The highest BCUT2D eigenvalue weighted by atomic mass is 32.2. The summed E-state index contributed by atoms with van der Waals surface area (Å²) < 4.78 is 18.3. The average Bonchev–Trinajstić information content (AvgIpc) is 3.23. The van der Waals surface area contributed by atoms with Gasteiger partial charge < -0.3 is 19.2 Å². The van der Waals surface area contributed by atoms with E-state index in [-0.39, 0.29) is 18.4 Å². The minimum absolute atomic E-state index is 0.224. The van der Waals surface area contributed by atoms with Crippen molar-refractivity contribution >= 4 is 28.7 Å². The quantitative estimate of drug-likeness (QED) is 0.688. The van der Waals surface area contributed by atoms with Gasteiger partial charge in [-0.3, -0.25) is 9.59 Å². The van der Waals surface area contributed by atoms with Gasteiger partial charge in [0.1, 0.15) is 11.4 Å². The van der Waals surface area contributed by atoms with Crippen molar-refractivity contribution in [3.05, 3.63) is 77.7 Å². The monoisotopic (exact) mass is 394 g/mol. The third-order valence-electron chi connectivity index (χ3n) is 4.59. The van der Waals surface area contributed by atoms with Crippen LogP contribution in [0.5, 0.6) is 0 Å². The zero-order valence-electron chi connectivity index (χ0n) is 15.2. The molecule has 28 heavy (non-hydrogen) atoms. The second-order valence-corrected chi connectivity index (χ2v) is 7.68. The van der Waals surface area contributed by atoms with Crippen molar-refractivity contribution in [2.24, 2.45) is 0 Å². The summed E-state index contributed by atoms with van der Waals surface area (Å²) in [6.07, 6.45) is 1.54. The van der Waals surface area contributed by atoms with Crippen LogP contribution in [0.4, 0.5) is 5.69 Å². The maximum atomic E-state index is 13.1. The van der Waals surface area contributed by atoms with E-state index in [0.717, 1.165) is 0 Å². The van der Waals surface area contributed by atoms with Crippen LogP contribution in [0.2, 0.25) is 0 Å². The Hall–Kier alpha value is -3.03. The SMILES string of the molecule is CCN1C(=O)c2ccccc2[S+]([O-])c2ccc(C(=O)NCc3ccco3)cc21. The van der Waals surface area contributed by atoms with Gasteiger partial charge in [0.25, 0.3) is 11.8 Å². The van der Waals surface area contributed by atoms with Gasteiger partial charge >= 0.3 is 0 Å². The molecule has 1 aromatic heterocycles. The van der Waals surface area contributed by atoms with Crippen LogP contribution in [0.15, 0.2) is 75.1 Å². The number of furan rings is 1. The molecule has 2 heterocycles. The Bertz CT molecular complexity index is 1030. The number of nitrogens with one attached hydrogen (secondary N) is 1. The summed E-state index contributed by atoms with van der Waals surface area (Å²) >= 11 is -1.51. The Morgan fingerprint density at radius 2 is 1.96 bits per heavy atom. The lowest BCUT2D eigenvalue weighted by Crippen LogP contribution is -2.31. The van der Waals surface area contributed by atoms with E-state index in [0.29, 0.717) is 38.9 Å². The molecule has 0 saturated carbocycles. The Labute approximate surface area is 165 Å². The molecule has 2 aromatic carbocycles. The number of anilines is 1. The van der Waals surface area contributed by atoms with E-state index >= 15 is 0 Å². The van der Waals surface area contributed by atoms with Crippen LogP contribution in [-0.2, 0) is 17.7 Å². The van der Waals surface area contributed by atoms with E-state index in [2.05, 4.69) is 5.32 Å². The molecule has 0 saturated heterocycles. The Kier molecular flexibility index (Phi) is 4.93. The number of fused-ring (bicyclic) bond motifs is 2. The van der Waals surface area contributed by atoms with Crippen LogP contribution in [0, 0.1) is 0 Å². The zero-order chi connectivity index (χ0) is 19.7. The van der Waals surface area contributed by atoms with Crippen LogP contribution in [-0.4, -0.2) is 22.9 Å². The number of hydrogen-bond donors (Lipinski definition) is 1. The summed E-state index contributed by atoms with van der Waals surface area (Å²) in [5.74, 6) is 0.124. The molecule has 1 unspecified atom stereocenters. The Morgan fingerprint density at radius 1 is 1.14 bits per heavy atom. The van der Waals surface area contributed by atoms with Gasteiger partial charge in [0, 0.05) is 23.3 Å². The van der Waals surface area contributed by atoms with Crippen molar-refractivity contribution < 1.29 is 18.6 Å². The molecule has 1 aliphatic heterocycles. The first-order chi connectivity index (χ1) is 13.6. The molecular formula is C21H18N2O4S. The third-order valence-corrected chi connectivity index (χ3v) is 6.09. The van der Waals surface area contributed by atoms with E-state index in [1.165, 1.54) is 0 Å². The first kappa shape index (κ1) is 18.3. The van der Waals surface area contributed by atoms with Crippen molar-refractivity contribution in [3.8, 4) is 0 Å². The van der Waals surface area contributed by atoms with Gasteiger partial charge in [-0.2, -0.15) is 0 Å². The van der Waals surface area contributed by atoms with Crippen molar-refractivity contribution in [1.82, 2.24) is 5.32 Å². The van der Waals surface area contributed by atoms with Crippen molar-refractivity contribution in [1.29, 1.82) is 0 Å². The molecule has 142 valence electrons. The lowest BCUT2D eigenvalue weighted by molar-refractivity contribution is 0.0945. The molecule has 0 spiro atoms. The summed E-state index contributed by atoms with van der Waals surface area (Å²) in [7, 11) is 0. The highest BCUT2D eigenvalue weighted by Crippen LogP contribution is 2.37. The molecule has 0 fully saturated rings. The predicted octanol–water partition coefficient (Wildman–Crippen LogP) is 3.36. The molecule has 2 amide bonds. The minimum Gasteiger partial charge on any atom is -0.606 e. The van der Waals surface area contributed by atoms with Gasteiger partial charge in [-0.1, -0.05) is 12.1 Å². The zero-order valence-corrected chi connectivity index (χ0v) is 16.0. The fraction of sp³-hybridized carbons (Fsp3) is 0.143. The fourth-order valence-corrected chi connectivity index (χ4v) is 4.55. The van der Waals surface area contributed by atoms with Crippen LogP contribution < -0.4 is 10.2 Å². The van der Waals surface area contributed by atoms with Crippen molar-refractivity contribution in [3.63, 3.8) is 0 Å². The molecule has 0 aliphatic carbocycles. The molecule has 0 radical (unpaired) electrons. The van der Waals surface area contributed by atoms with Gasteiger partial charge in [-0.05, 0) is 49.4 Å². The van der Waals surface area contributed by atoms with Gasteiger partial charge in [-0.25, -0.2) is 0 Å². The molecule has 3 aromatic rings. The molecule has 0 bridgehead atoms. The summed E-state index contributed by atoms with van der Waals surface area (Å²) in [5, 5.41) is 2.78. The van der Waals surface area contributed by atoms with Crippen LogP contribution in [0.3, 0.4) is 0 Å². The molecule has 7 heteroatoms. The van der Waals surface area contributed by atoms with E-state index < -0.39 is 11.2 Å². The standard InChI is InChI=1S/C21H18N2O4S/c1-2-23-17-12-14(20(24)22-13-15-6-5-11-27-15)9-10-19(17)28(26)18-8-4-3-7-16(18)21(23)25/h3-12H,2,13H2,1H3,(H,22,24). The first-order valence-corrected chi connectivity index (χ1v) is 10.0. The molecule has 1 aliphatic rings. The fourth-order valence-electron chi connectivity index (χ4n) is 3.20. The lowest BCUT2D eigenvalue weighted by atomic mass is 10.1. The number of rotatable bonds is 4. The van der Waals surface area contributed by atoms with Gasteiger partial charge in [0.2, 0.25) is 0 Å².